The molecule has 0 atom stereocenters. The molecular formula is C22H26N8O. The maximum absolute atomic E-state index is 11.9. The first-order valence-electron chi connectivity index (χ1n) is 10.8. The van der Waals surface area contributed by atoms with Gasteiger partial charge in [0.05, 0.1) is 5.69 Å². The summed E-state index contributed by atoms with van der Waals surface area (Å²) in [4.78, 5) is 18.9. The van der Waals surface area contributed by atoms with Crippen LogP contribution in [0.3, 0.4) is 0 Å². The van der Waals surface area contributed by atoms with Gasteiger partial charge in [-0.25, -0.2) is 4.52 Å². The van der Waals surface area contributed by atoms with Crippen LogP contribution < -0.4 is 15.5 Å². The lowest BCUT2D eigenvalue weighted by molar-refractivity contribution is -0.121. The third kappa shape index (κ3) is 4.33. The summed E-state index contributed by atoms with van der Waals surface area (Å²) in [5.41, 5.74) is 2.01. The van der Waals surface area contributed by atoms with Crippen LogP contribution in [-0.2, 0) is 4.79 Å². The molecule has 1 aliphatic heterocycles. The van der Waals surface area contributed by atoms with Crippen LogP contribution in [0, 0.1) is 12.3 Å². The van der Waals surface area contributed by atoms with E-state index in [4.69, 9.17) is 11.4 Å². The van der Waals surface area contributed by atoms with E-state index in [0.29, 0.717) is 24.7 Å². The van der Waals surface area contributed by atoms with Crippen molar-refractivity contribution in [2.24, 2.45) is 0 Å². The molecule has 2 aliphatic rings. The molecule has 160 valence electrons. The zero-order valence-corrected chi connectivity index (χ0v) is 17.3. The number of fused-ring (bicyclic) bond motifs is 1. The molecule has 0 bridgehead atoms. The van der Waals surface area contributed by atoms with Gasteiger partial charge >= 0.3 is 0 Å². The normalized spacial score (nSPS) is 16.9. The molecule has 31 heavy (non-hydrogen) atoms. The minimum atomic E-state index is 0.0259. The lowest BCUT2D eigenvalue weighted by Crippen LogP contribution is -2.45. The standard InChI is InChI=1S/C22H26N8O/c1-2-3-6-20(31)23-16-9-12-29(13-10-16)22-25-21(18-5-4-11-30(18)28-22)24-19-14-17(26-27-19)15-7-8-15/h1,4-5,11,14-16H,3,6-10,12-13H2,(H,23,31)(H2,24,25,26,27,28). The molecule has 1 amide bonds. The Labute approximate surface area is 180 Å². The molecule has 5 rings (SSSR count). The zero-order chi connectivity index (χ0) is 21.2. The number of piperidine rings is 1. The minimum absolute atomic E-state index is 0.0259. The highest BCUT2D eigenvalue weighted by Crippen LogP contribution is 2.39. The van der Waals surface area contributed by atoms with Gasteiger partial charge in [0.2, 0.25) is 11.9 Å². The number of amides is 1. The number of terminal acetylenes is 1. The molecule has 4 heterocycles. The monoisotopic (exact) mass is 418 g/mol. The molecule has 1 aliphatic carbocycles. The maximum Gasteiger partial charge on any atom is 0.245 e. The average molecular weight is 419 g/mol. The van der Waals surface area contributed by atoms with Crippen molar-refractivity contribution in [1.29, 1.82) is 0 Å². The summed E-state index contributed by atoms with van der Waals surface area (Å²) in [6.07, 6.45) is 12.1. The van der Waals surface area contributed by atoms with Crippen LogP contribution in [0.15, 0.2) is 24.4 Å². The summed E-state index contributed by atoms with van der Waals surface area (Å²) in [6.45, 7) is 1.56. The Hall–Kier alpha value is -3.54. The molecule has 9 heteroatoms. The lowest BCUT2D eigenvalue weighted by atomic mass is 10.1. The van der Waals surface area contributed by atoms with Crippen LogP contribution >= 0.6 is 0 Å². The van der Waals surface area contributed by atoms with Crippen molar-refractivity contribution >= 4 is 29.0 Å². The first-order valence-corrected chi connectivity index (χ1v) is 10.8. The minimum Gasteiger partial charge on any atom is -0.353 e. The molecule has 0 unspecified atom stereocenters. The van der Waals surface area contributed by atoms with E-state index in [2.05, 4.69) is 42.8 Å². The number of carbonyl (C=O) groups is 1. The van der Waals surface area contributed by atoms with E-state index in [1.165, 1.54) is 12.8 Å². The van der Waals surface area contributed by atoms with Crippen molar-refractivity contribution in [1.82, 2.24) is 30.1 Å². The average Bonchev–Trinajstić information content (AvgIpc) is 3.33. The van der Waals surface area contributed by atoms with E-state index in [1.807, 2.05) is 22.8 Å². The summed E-state index contributed by atoms with van der Waals surface area (Å²) in [6, 6.07) is 6.18. The Morgan fingerprint density at radius 2 is 2.13 bits per heavy atom. The molecule has 0 aromatic carbocycles. The van der Waals surface area contributed by atoms with E-state index in [1.54, 1.807) is 0 Å². The number of carbonyl (C=O) groups excluding carboxylic acids is 1. The van der Waals surface area contributed by atoms with E-state index in [9.17, 15) is 4.79 Å². The number of anilines is 3. The van der Waals surface area contributed by atoms with Gasteiger partial charge in [-0.05, 0) is 37.8 Å². The second-order valence-corrected chi connectivity index (χ2v) is 8.24. The van der Waals surface area contributed by atoms with Gasteiger partial charge in [0, 0.05) is 50.2 Å². The zero-order valence-electron chi connectivity index (χ0n) is 17.3. The van der Waals surface area contributed by atoms with Crippen molar-refractivity contribution < 1.29 is 4.79 Å². The van der Waals surface area contributed by atoms with E-state index in [-0.39, 0.29) is 11.9 Å². The fourth-order valence-corrected chi connectivity index (χ4v) is 3.98. The van der Waals surface area contributed by atoms with Gasteiger partial charge in [0.25, 0.3) is 0 Å². The first-order chi connectivity index (χ1) is 15.2. The van der Waals surface area contributed by atoms with Crippen LogP contribution in [0.1, 0.15) is 50.1 Å². The summed E-state index contributed by atoms with van der Waals surface area (Å²) >= 11 is 0. The lowest BCUT2D eigenvalue weighted by Gasteiger charge is -2.32. The third-order valence-electron chi connectivity index (χ3n) is 5.87. The van der Waals surface area contributed by atoms with Gasteiger partial charge < -0.3 is 15.5 Å². The van der Waals surface area contributed by atoms with Crippen molar-refractivity contribution in [3.63, 3.8) is 0 Å². The highest BCUT2D eigenvalue weighted by Gasteiger charge is 2.27. The molecule has 3 aromatic rings. The molecule has 1 saturated heterocycles. The van der Waals surface area contributed by atoms with Gasteiger partial charge in [0.15, 0.2) is 5.82 Å². The van der Waals surface area contributed by atoms with Gasteiger partial charge in [-0.2, -0.15) is 10.1 Å². The molecule has 3 aromatic heterocycles. The highest BCUT2D eigenvalue weighted by atomic mass is 16.1. The quantitative estimate of drug-likeness (QED) is 0.510. The van der Waals surface area contributed by atoms with E-state index in [0.717, 1.165) is 48.8 Å². The molecule has 0 spiro atoms. The van der Waals surface area contributed by atoms with Gasteiger partial charge in [0.1, 0.15) is 11.3 Å². The number of hydrogen-bond acceptors (Lipinski definition) is 6. The van der Waals surface area contributed by atoms with Crippen molar-refractivity contribution in [3.05, 3.63) is 30.1 Å². The second-order valence-electron chi connectivity index (χ2n) is 8.24. The molecule has 9 nitrogen and oxygen atoms in total. The molecule has 1 saturated carbocycles. The topological polar surface area (TPSA) is 103 Å². The van der Waals surface area contributed by atoms with Crippen molar-refractivity contribution in [3.8, 4) is 12.3 Å². The Bertz CT molecular complexity index is 1110. The number of H-pyrrole nitrogens is 1. The Morgan fingerprint density at radius 3 is 2.90 bits per heavy atom. The fourth-order valence-electron chi connectivity index (χ4n) is 3.98. The summed E-state index contributed by atoms with van der Waals surface area (Å²) < 4.78 is 1.84. The van der Waals surface area contributed by atoms with Crippen LogP contribution in [0.2, 0.25) is 0 Å². The highest BCUT2D eigenvalue weighted by molar-refractivity contribution is 5.76. The number of nitrogens with zero attached hydrogens (tertiary/aromatic N) is 5. The number of nitrogens with one attached hydrogen (secondary N) is 3. The molecular weight excluding hydrogens is 392 g/mol. The molecule has 0 radical (unpaired) electrons. The van der Waals surface area contributed by atoms with Crippen LogP contribution in [0.25, 0.3) is 5.52 Å². The Kier molecular flexibility index (Phi) is 5.20. The van der Waals surface area contributed by atoms with Crippen LogP contribution in [-0.4, -0.2) is 49.8 Å². The molecule has 3 N–H and O–H groups in total. The number of aromatic amines is 1. The van der Waals surface area contributed by atoms with Crippen molar-refractivity contribution in [2.75, 3.05) is 23.3 Å². The maximum atomic E-state index is 11.9. The smallest absolute Gasteiger partial charge is 0.245 e. The number of hydrogen-bond donors (Lipinski definition) is 3. The first kappa shape index (κ1) is 19.4. The van der Waals surface area contributed by atoms with E-state index < -0.39 is 0 Å². The second kappa shape index (κ2) is 8.30. The van der Waals surface area contributed by atoms with E-state index >= 15 is 0 Å². The number of aromatic nitrogens is 5. The van der Waals surface area contributed by atoms with Crippen molar-refractivity contribution in [2.45, 2.75) is 50.5 Å². The summed E-state index contributed by atoms with van der Waals surface area (Å²) in [5.74, 6) is 5.38. The molecule has 2 fully saturated rings. The summed E-state index contributed by atoms with van der Waals surface area (Å²) in [5, 5.41) is 18.6. The van der Waals surface area contributed by atoms with Gasteiger partial charge in [-0.15, -0.1) is 17.4 Å². The number of rotatable bonds is 7. The predicted octanol–water partition coefficient (Wildman–Crippen LogP) is 2.57. The van der Waals surface area contributed by atoms with Crippen LogP contribution in [0.4, 0.5) is 17.6 Å². The largest absolute Gasteiger partial charge is 0.353 e. The fraction of sp³-hybridized carbons (Fsp3) is 0.455. The van der Waals surface area contributed by atoms with Crippen LogP contribution in [0.5, 0.6) is 0 Å². The Balaban J connectivity index is 1.28. The van der Waals surface area contributed by atoms with Gasteiger partial charge in [-0.3, -0.25) is 9.89 Å². The predicted molar refractivity (Wildman–Crippen MR) is 118 cm³/mol. The Morgan fingerprint density at radius 1 is 1.29 bits per heavy atom. The third-order valence-corrected chi connectivity index (χ3v) is 5.87. The van der Waals surface area contributed by atoms with Gasteiger partial charge in [-0.1, -0.05) is 0 Å². The SMILES string of the molecule is C#CCCC(=O)NC1CCN(c2nc(Nc3cc(C4CC4)n[nH]3)c3cccn3n2)CC1. The summed E-state index contributed by atoms with van der Waals surface area (Å²) in [7, 11) is 0.